The summed E-state index contributed by atoms with van der Waals surface area (Å²) < 4.78 is 74.9. The van der Waals surface area contributed by atoms with E-state index >= 15 is 0 Å². The fourth-order valence-electron chi connectivity index (χ4n) is 3.65. The summed E-state index contributed by atoms with van der Waals surface area (Å²) in [6.45, 7) is 6.35. The van der Waals surface area contributed by atoms with Gasteiger partial charge in [-0.3, -0.25) is 4.90 Å². The first kappa shape index (κ1) is 29.8. The average molecular weight is 542 g/mol. The highest BCUT2D eigenvalue weighted by molar-refractivity contribution is 5.73. The van der Waals surface area contributed by atoms with Gasteiger partial charge in [0.2, 0.25) is 5.95 Å². The van der Waals surface area contributed by atoms with Crippen molar-refractivity contribution < 1.29 is 55.3 Å². The molecule has 2 N–H and O–H groups in total. The number of anilines is 1. The molecule has 10 nitrogen and oxygen atoms in total. The molecule has 37 heavy (non-hydrogen) atoms. The number of nitrogens with zero attached hydrogens (tertiary/aromatic N) is 4. The van der Waals surface area contributed by atoms with Crippen molar-refractivity contribution in [3.05, 3.63) is 42.6 Å². The van der Waals surface area contributed by atoms with Crippen molar-refractivity contribution in [1.82, 2.24) is 14.9 Å². The summed E-state index contributed by atoms with van der Waals surface area (Å²) in [5, 5.41) is 14.2. The molecule has 4 heterocycles. The van der Waals surface area contributed by atoms with Crippen LogP contribution in [0.25, 0.3) is 0 Å². The Morgan fingerprint density at radius 1 is 0.973 bits per heavy atom. The molecule has 2 aliphatic rings. The molecule has 2 aromatic rings. The van der Waals surface area contributed by atoms with Gasteiger partial charge in [-0.05, 0) is 24.6 Å². The lowest BCUT2D eigenvalue weighted by Gasteiger charge is -2.31. The maximum Gasteiger partial charge on any atom is 0.490 e. The fourth-order valence-corrected chi connectivity index (χ4v) is 3.65. The van der Waals surface area contributed by atoms with E-state index in [4.69, 9.17) is 29.0 Å². The zero-order valence-electron chi connectivity index (χ0n) is 19.2. The van der Waals surface area contributed by atoms with Crippen LogP contribution in [0.15, 0.2) is 41.3 Å². The van der Waals surface area contributed by atoms with Gasteiger partial charge < -0.3 is 24.3 Å². The van der Waals surface area contributed by atoms with Crippen molar-refractivity contribution in [2.75, 3.05) is 44.3 Å². The molecule has 0 radical (unpaired) electrons. The monoisotopic (exact) mass is 542 g/mol. The van der Waals surface area contributed by atoms with E-state index in [1.54, 1.807) is 18.7 Å². The van der Waals surface area contributed by atoms with Crippen LogP contribution in [0, 0.1) is 5.41 Å². The minimum Gasteiger partial charge on any atom is -0.475 e. The zero-order valence-corrected chi connectivity index (χ0v) is 19.2. The van der Waals surface area contributed by atoms with E-state index in [0.717, 1.165) is 64.1 Å². The standard InChI is InChI=1S/C17H22N4O2.2C2HF3O2/c1-3-15(23-9-1)11-20-8-10-22-14-17(12-20)4-7-21(13-17)16-18-5-2-6-19-16;2*3-2(4,5)1(6)7/h1-3,5-6,9H,4,7-8,10-14H2;2*(H,6,7). The maximum atomic E-state index is 10.6. The molecular weight excluding hydrogens is 518 g/mol. The van der Waals surface area contributed by atoms with Crippen LogP contribution in [0.4, 0.5) is 32.3 Å². The summed E-state index contributed by atoms with van der Waals surface area (Å²) in [5.41, 5.74) is 0.155. The van der Waals surface area contributed by atoms with Crippen LogP contribution in [-0.4, -0.2) is 88.8 Å². The molecule has 2 aliphatic heterocycles. The van der Waals surface area contributed by atoms with Gasteiger partial charge in [-0.2, -0.15) is 26.3 Å². The van der Waals surface area contributed by atoms with Crippen molar-refractivity contribution in [2.45, 2.75) is 25.3 Å². The van der Waals surface area contributed by atoms with Crippen molar-refractivity contribution in [3.8, 4) is 0 Å². The number of carbonyl (C=O) groups is 2. The number of aromatic nitrogens is 2. The second-order valence-electron chi connectivity index (χ2n) is 8.17. The maximum absolute atomic E-state index is 10.6. The smallest absolute Gasteiger partial charge is 0.475 e. The highest BCUT2D eigenvalue weighted by atomic mass is 19.4. The van der Waals surface area contributed by atoms with Gasteiger partial charge in [0.25, 0.3) is 0 Å². The van der Waals surface area contributed by atoms with Crippen LogP contribution < -0.4 is 4.90 Å². The Morgan fingerprint density at radius 2 is 1.57 bits per heavy atom. The molecule has 0 aliphatic carbocycles. The molecule has 206 valence electrons. The SMILES string of the molecule is O=C(O)C(F)(F)F.O=C(O)C(F)(F)F.c1cnc(N2CCC3(COCCN(Cc4ccco4)C3)C2)nc1. The molecule has 1 atom stereocenters. The van der Waals surface area contributed by atoms with Crippen LogP contribution in [0.3, 0.4) is 0 Å². The molecule has 2 aromatic heterocycles. The van der Waals surface area contributed by atoms with Gasteiger partial charge in [0.05, 0.1) is 26.0 Å². The number of hydrogen-bond acceptors (Lipinski definition) is 8. The molecule has 4 rings (SSSR count). The summed E-state index contributed by atoms with van der Waals surface area (Å²) in [7, 11) is 0. The second-order valence-corrected chi connectivity index (χ2v) is 8.17. The lowest BCUT2D eigenvalue weighted by atomic mass is 9.87. The minimum atomic E-state index is -5.08. The second kappa shape index (κ2) is 12.7. The number of halogens is 6. The number of carboxylic acid groups (broad SMARTS) is 2. The fraction of sp³-hybridized carbons (Fsp3) is 0.524. The number of ether oxygens (including phenoxy) is 1. The molecule has 2 saturated heterocycles. The third-order valence-corrected chi connectivity index (χ3v) is 5.24. The Kier molecular flexibility index (Phi) is 10.2. The van der Waals surface area contributed by atoms with Crippen molar-refractivity contribution in [1.29, 1.82) is 0 Å². The summed E-state index contributed by atoms with van der Waals surface area (Å²) in [4.78, 5) is 31.3. The predicted octanol–water partition coefficient (Wildman–Crippen LogP) is 3.07. The zero-order chi connectivity index (χ0) is 27.7. The molecule has 1 unspecified atom stereocenters. The summed E-state index contributed by atoms with van der Waals surface area (Å²) in [6, 6.07) is 5.84. The van der Waals surface area contributed by atoms with Gasteiger partial charge in [0.15, 0.2) is 0 Å². The lowest BCUT2D eigenvalue weighted by molar-refractivity contribution is -0.193. The normalized spacial score (nSPS) is 20.3. The van der Waals surface area contributed by atoms with E-state index in [9.17, 15) is 26.3 Å². The highest BCUT2D eigenvalue weighted by Gasteiger charge is 2.42. The average Bonchev–Trinajstić information content (AvgIpc) is 3.42. The first-order valence-corrected chi connectivity index (χ1v) is 10.7. The van der Waals surface area contributed by atoms with Crippen molar-refractivity contribution in [3.63, 3.8) is 0 Å². The van der Waals surface area contributed by atoms with Gasteiger partial charge in [-0.1, -0.05) is 0 Å². The van der Waals surface area contributed by atoms with Crippen LogP contribution >= 0.6 is 0 Å². The first-order valence-electron chi connectivity index (χ1n) is 10.7. The van der Waals surface area contributed by atoms with E-state index in [1.165, 1.54) is 0 Å². The van der Waals surface area contributed by atoms with Gasteiger partial charge >= 0.3 is 24.3 Å². The van der Waals surface area contributed by atoms with Crippen LogP contribution in [0.2, 0.25) is 0 Å². The van der Waals surface area contributed by atoms with Crippen LogP contribution in [-0.2, 0) is 20.9 Å². The Hall–Kier alpha value is -3.40. The number of carboxylic acids is 2. The quantitative estimate of drug-likeness (QED) is 0.559. The molecule has 1 spiro atoms. The number of hydrogen-bond donors (Lipinski definition) is 2. The summed E-state index contributed by atoms with van der Waals surface area (Å²) in [5.74, 6) is -3.67. The Morgan fingerprint density at radius 3 is 2.08 bits per heavy atom. The molecule has 0 saturated carbocycles. The number of aliphatic carboxylic acids is 2. The summed E-state index contributed by atoms with van der Waals surface area (Å²) >= 11 is 0. The summed E-state index contributed by atoms with van der Waals surface area (Å²) in [6.07, 6.45) is -3.70. The molecular formula is C21H24F6N4O6. The van der Waals surface area contributed by atoms with Gasteiger partial charge in [-0.15, -0.1) is 0 Å². The molecule has 2 fully saturated rings. The predicted molar refractivity (Wildman–Crippen MR) is 113 cm³/mol. The van der Waals surface area contributed by atoms with Crippen molar-refractivity contribution >= 4 is 17.9 Å². The molecule has 0 amide bonds. The Labute approximate surface area is 206 Å². The number of rotatable bonds is 3. The van der Waals surface area contributed by atoms with Crippen molar-refractivity contribution in [2.24, 2.45) is 5.41 Å². The number of furan rings is 1. The third kappa shape index (κ3) is 9.87. The van der Waals surface area contributed by atoms with Crippen LogP contribution in [0.5, 0.6) is 0 Å². The van der Waals surface area contributed by atoms with Gasteiger partial charge in [0.1, 0.15) is 5.76 Å². The van der Waals surface area contributed by atoms with Gasteiger partial charge in [0, 0.05) is 44.0 Å². The van der Waals surface area contributed by atoms with E-state index in [-0.39, 0.29) is 5.41 Å². The van der Waals surface area contributed by atoms with E-state index in [1.807, 2.05) is 18.2 Å². The topological polar surface area (TPSA) is 129 Å². The Bertz CT molecular complexity index is 966. The lowest BCUT2D eigenvalue weighted by Crippen LogP contribution is -2.40. The molecule has 16 heteroatoms. The van der Waals surface area contributed by atoms with E-state index in [0.29, 0.717) is 0 Å². The van der Waals surface area contributed by atoms with Crippen LogP contribution in [0.1, 0.15) is 12.2 Å². The molecule has 0 bridgehead atoms. The van der Waals surface area contributed by atoms with Gasteiger partial charge in [-0.25, -0.2) is 19.6 Å². The van der Waals surface area contributed by atoms with E-state index < -0.39 is 24.3 Å². The third-order valence-electron chi connectivity index (χ3n) is 5.24. The van der Waals surface area contributed by atoms with E-state index in [2.05, 4.69) is 19.8 Å². The first-order chi connectivity index (χ1) is 17.2. The molecule has 0 aromatic carbocycles. The largest absolute Gasteiger partial charge is 0.490 e. The minimum absolute atomic E-state index is 0.155. The highest BCUT2D eigenvalue weighted by Crippen LogP contribution is 2.35. The Balaban J connectivity index is 0.000000286. The number of alkyl halides is 6.